The maximum atomic E-state index is 13.2. The molecule has 0 bridgehead atoms. The summed E-state index contributed by atoms with van der Waals surface area (Å²) in [6.07, 6.45) is 3.82. The number of nitrogens with zero attached hydrogens (tertiary/aromatic N) is 3. The zero-order valence-electron chi connectivity index (χ0n) is 15.8. The number of carbonyl (C=O) groups is 1. The number of ether oxygens (including phenoxy) is 1. The Morgan fingerprint density at radius 2 is 1.93 bits per heavy atom. The quantitative estimate of drug-likeness (QED) is 0.694. The van der Waals surface area contributed by atoms with Crippen molar-refractivity contribution in [3.8, 4) is 5.75 Å². The lowest BCUT2D eigenvalue weighted by Gasteiger charge is -2.23. The van der Waals surface area contributed by atoms with Crippen molar-refractivity contribution in [2.75, 3.05) is 26.0 Å². The lowest BCUT2D eigenvalue weighted by Crippen LogP contribution is -2.27. The molecule has 28 heavy (non-hydrogen) atoms. The largest absolute Gasteiger partial charge is 0.495 e. The van der Waals surface area contributed by atoms with E-state index in [-0.39, 0.29) is 5.91 Å². The van der Waals surface area contributed by atoms with Crippen molar-refractivity contribution in [2.45, 2.75) is 13.0 Å². The fourth-order valence-corrected chi connectivity index (χ4v) is 4.35. The first-order chi connectivity index (χ1) is 13.4. The minimum atomic E-state index is -0.274. The molecule has 1 amide bonds. The molecule has 1 aliphatic heterocycles. The predicted molar refractivity (Wildman–Crippen MR) is 112 cm³/mol. The molecule has 0 fully saturated rings. The van der Waals surface area contributed by atoms with Crippen molar-refractivity contribution in [3.63, 3.8) is 0 Å². The van der Waals surface area contributed by atoms with Crippen LogP contribution in [0.3, 0.4) is 0 Å². The Balaban J connectivity index is 1.89. The molecule has 146 valence electrons. The fourth-order valence-electron chi connectivity index (χ4n) is 3.89. The summed E-state index contributed by atoms with van der Waals surface area (Å²) in [6.45, 7) is 1.75. The molecular formula is C20H20Cl2N4O2. The highest BCUT2D eigenvalue weighted by atomic mass is 35.5. The van der Waals surface area contributed by atoms with Crippen LogP contribution in [0, 0.1) is 0 Å². The number of nitrogens with one attached hydrogen (secondary N) is 1. The summed E-state index contributed by atoms with van der Waals surface area (Å²) in [7, 11) is 5.74. The Labute approximate surface area is 173 Å². The van der Waals surface area contributed by atoms with Gasteiger partial charge >= 0.3 is 0 Å². The summed E-state index contributed by atoms with van der Waals surface area (Å²) in [6, 6.07) is 3.61. The Kier molecular flexibility index (Phi) is 4.95. The molecule has 1 aromatic carbocycles. The van der Waals surface area contributed by atoms with Crippen LogP contribution in [0.4, 0.5) is 5.69 Å². The monoisotopic (exact) mass is 418 g/mol. The molecule has 0 unspecified atom stereocenters. The minimum Gasteiger partial charge on any atom is -0.495 e. The second-order valence-corrected chi connectivity index (χ2v) is 7.76. The van der Waals surface area contributed by atoms with Gasteiger partial charge in [-0.2, -0.15) is 0 Å². The lowest BCUT2D eigenvalue weighted by atomic mass is 10.00. The van der Waals surface area contributed by atoms with E-state index in [2.05, 4.69) is 26.8 Å². The van der Waals surface area contributed by atoms with E-state index < -0.39 is 0 Å². The molecule has 0 radical (unpaired) electrons. The van der Waals surface area contributed by atoms with Crippen molar-refractivity contribution in [3.05, 3.63) is 51.4 Å². The van der Waals surface area contributed by atoms with Gasteiger partial charge in [-0.3, -0.25) is 9.78 Å². The van der Waals surface area contributed by atoms with Crippen LogP contribution >= 0.6 is 23.2 Å². The minimum absolute atomic E-state index is 0.274. The van der Waals surface area contributed by atoms with E-state index in [9.17, 15) is 4.79 Å². The predicted octanol–water partition coefficient (Wildman–Crippen LogP) is 4.13. The van der Waals surface area contributed by atoms with Gasteiger partial charge in [0.15, 0.2) is 0 Å². The number of aryl methyl sites for hydroxylation is 1. The molecule has 8 heteroatoms. The van der Waals surface area contributed by atoms with Crippen LogP contribution in [-0.2, 0) is 20.0 Å². The number of rotatable bonds is 3. The van der Waals surface area contributed by atoms with Crippen LogP contribution in [0.15, 0.2) is 24.5 Å². The third-order valence-electron chi connectivity index (χ3n) is 5.25. The number of hydrogen-bond donors (Lipinski definition) is 1. The van der Waals surface area contributed by atoms with Crippen LogP contribution in [-0.4, -0.2) is 41.1 Å². The van der Waals surface area contributed by atoms with E-state index in [0.29, 0.717) is 21.3 Å². The smallest absolute Gasteiger partial charge is 0.256 e. The molecule has 0 saturated carbocycles. The average molecular weight is 419 g/mol. The highest BCUT2D eigenvalue weighted by Gasteiger charge is 2.27. The number of halogens is 2. The maximum absolute atomic E-state index is 13.2. The van der Waals surface area contributed by atoms with E-state index in [1.807, 2.05) is 13.1 Å². The van der Waals surface area contributed by atoms with Crippen LogP contribution in [0.1, 0.15) is 21.6 Å². The molecule has 0 atom stereocenters. The number of likely N-dealkylation sites (N-methyl/N-ethyl adjacent to an activating group) is 1. The van der Waals surface area contributed by atoms with Crippen molar-refractivity contribution in [2.24, 2.45) is 7.05 Å². The second-order valence-electron chi connectivity index (χ2n) is 6.94. The molecule has 3 aromatic rings. The standard InChI is InChI=1S/C20H20Cl2N4O2/c1-25-7-6-15-12(10-25)17-11(4-5-16(28-3)19(17)26(15)2)20(27)24-18-13(21)8-23-9-14(18)22/h4-5,8-9H,6-7,10H2,1-3H3,(H,23,24,27). The first-order valence-electron chi connectivity index (χ1n) is 8.88. The fraction of sp³-hybridized carbons (Fsp3) is 0.300. The van der Waals surface area contributed by atoms with Gasteiger partial charge in [-0.1, -0.05) is 23.2 Å². The normalized spacial score (nSPS) is 14.2. The van der Waals surface area contributed by atoms with E-state index in [0.717, 1.165) is 41.7 Å². The van der Waals surface area contributed by atoms with Crippen molar-refractivity contribution in [1.82, 2.24) is 14.5 Å². The summed E-state index contributed by atoms with van der Waals surface area (Å²) in [5, 5.41) is 4.33. The van der Waals surface area contributed by atoms with E-state index in [1.165, 1.54) is 18.1 Å². The van der Waals surface area contributed by atoms with Crippen molar-refractivity contribution < 1.29 is 9.53 Å². The molecule has 1 N–H and O–H groups in total. The number of fused-ring (bicyclic) bond motifs is 3. The van der Waals surface area contributed by atoms with E-state index in [4.69, 9.17) is 27.9 Å². The number of pyridine rings is 1. The number of amides is 1. The summed E-state index contributed by atoms with van der Waals surface area (Å²) < 4.78 is 7.73. The van der Waals surface area contributed by atoms with Crippen molar-refractivity contribution in [1.29, 1.82) is 0 Å². The van der Waals surface area contributed by atoms with Crippen LogP contribution in [0.25, 0.3) is 10.9 Å². The van der Waals surface area contributed by atoms with Gasteiger partial charge in [0, 0.05) is 55.6 Å². The van der Waals surface area contributed by atoms with Gasteiger partial charge in [0.05, 0.1) is 28.4 Å². The number of methoxy groups -OCH3 is 1. The Morgan fingerprint density at radius 1 is 1.21 bits per heavy atom. The molecule has 3 heterocycles. The Hall–Kier alpha value is -2.28. The number of aromatic nitrogens is 2. The lowest BCUT2D eigenvalue weighted by molar-refractivity contribution is 0.102. The topological polar surface area (TPSA) is 59.4 Å². The maximum Gasteiger partial charge on any atom is 0.256 e. The van der Waals surface area contributed by atoms with Crippen molar-refractivity contribution >= 4 is 45.7 Å². The molecule has 0 aliphatic carbocycles. The third-order valence-corrected chi connectivity index (χ3v) is 5.82. The Bertz CT molecular complexity index is 1070. The van der Waals surface area contributed by atoms with Gasteiger partial charge in [-0.15, -0.1) is 0 Å². The average Bonchev–Trinajstić information content (AvgIpc) is 2.96. The van der Waals surface area contributed by atoms with Crippen LogP contribution in [0.5, 0.6) is 5.75 Å². The molecule has 1 aliphatic rings. The molecule has 6 nitrogen and oxygen atoms in total. The molecule has 2 aromatic heterocycles. The van der Waals surface area contributed by atoms with Crippen LogP contribution in [0.2, 0.25) is 10.0 Å². The zero-order chi connectivity index (χ0) is 20.0. The molecule has 4 rings (SSSR count). The highest BCUT2D eigenvalue weighted by Crippen LogP contribution is 2.38. The number of benzene rings is 1. The number of anilines is 1. The summed E-state index contributed by atoms with van der Waals surface area (Å²) in [5.74, 6) is 0.468. The van der Waals surface area contributed by atoms with Gasteiger partial charge in [-0.05, 0) is 24.7 Å². The number of hydrogen-bond acceptors (Lipinski definition) is 4. The van der Waals surface area contributed by atoms with E-state index in [1.54, 1.807) is 13.2 Å². The molecular weight excluding hydrogens is 399 g/mol. The third kappa shape index (κ3) is 3.02. The first kappa shape index (κ1) is 19.1. The van der Waals surface area contributed by atoms with Gasteiger partial charge in [0.2, 0.25) is 0 Å². The van der Waals surface area contributed by atoms with Gasteiger partial charge in [0.25, 0.3) is 5.91 Å². The molecule has 0 spiro atoms. The van der Waals surface area contributed by atoms with E-state index >= 15 is 0 Å². The van der Waals surface area contributed by atoms with Crippen LogP contribution < -0.4 is 10.1 Å². The summed E-state index contributed by atoms with van der Waals surface area (Å²) in [4.78, 5) is 19.4. The van der Waals surface area contributed by atoms with Gasteiger partial charge < -0.3 is 19.5 Å². The first-order valence-corrected chi connectivity index (χ1v) is 9.64. The van der Waals surface area contributed by atoms with Gasteiger partial charge in [0.1, 0.15) is 5.75 Å². The van der Waals surface area contributed by atoms with Gasteiger partial charge in [-0.25, -0.2) is 0 Å². The number of carbonyl (C=O) groups excluding carboxylic acids is 1. The second kappa shape index (κ2) is 7.28. The SMILES string of the molecule is COc1ccc(C(=O)Nc2c(Cl)cncc2Cl)c2c3c(n(C)c12)CCN(C)C3. The Morgan fingerprint density at radius 3 is 2.61 bits per heavy atom. The highest BCUT2D eigenvalue weighted by molar-refractivity contribution is 6.39. The summed E-state index contributed by atoms with van der Waals surface area (Å²) >= 11 is 12.3. The zero-order valence-corrected chi connectivity index (χ0v) is 17.4. The molecule has 0 saturated heterocycles. The summed E-state index contributed by atoms with van der Waals surface area (Å²) in [5.41, 5.74) is 4.22.